The van der Waals surface area contributed by atoms with Crippen LogP contribution in [-0.4, -0.2) is 17.5 Å². The van der Waals surface area contributed by atoms with Gasteiger partial charge in [0.25, 0.3) is 0 Å². The number of aromatic nitrogens is 1. The van der Waals surface area contributed by atoms with E-state index in [0.717, 1.165) is 10.4 Å². The minimum Gasteiger partial charge on any atom is -0.476 e. The minimum atomic E-state index is -0.288. The molecule has 1 aromatic heterocycles. The lowest BCUT2D eigenvalue weighted by atomic mass is 10.1. The molecule has 1 amide bonds. The third-order valence-electron chi connectivity index (χ3n) is 3.05. The molecule has 3 rings (SSSR count). The van der Waals surface area contributed by atoms with Crippen LogP contribution >= 0.6 is 34.5 Å². The topological polar surface area (TPSA) is 51.2 Å². The average molecular weight is 329 g/mol. The van der Waals surface area contributed by atoms with E-state index in [-0.39, 0.29) is 11.8 Å². The van der Waals surface area contributed by atoms with Crippen LogP contribution in [0.4, 0.5) is 0 Å². The highest BCUT2D eigenvalue weighted by molar-refractivity contribution is 7.10. The maximum Gasteiger partial charge on any atom is 0.232 e. The van der Waals surface area contributed by atoms with Crippen molar-refractivity contribution in [3.05, 3.63) is 44.2 Å². The molecule has 0 saturated heterocycles. The summed E-state index contributed by atoms with van der Waals surface area (Å²) in [5.41, 5.74) is 2.51. The zero-order chi connectivity index (χ0) is 14.1. The summed E-state index contributed by atoms with van der Waals surface area (Å²) >= 11 is 13.3. The van der Waals surface area contributed by atoms with Crippen molar-refractivity contribution < 1.29 is 9.53 Å². The molecule has 2 heterocycles. The van der Waals surface area contributed by atoms with Gasteiger partial charge < -0.3 is 10.1 Å². The van der Waals surface area contributed by atoms with Crippen LogP contribution in [0.2, 0.25) is 10.0 Å². The molecule has 0 aliphatic carbocycles. The molecule has 0 spiro atoms. The van der Waals surface area contributed by atoms with Crippen LogP contribution in [0.25, 0.3) is 0 Å². The molecule has 7 heteroatoms. The van der Waals surface area contributed by atoms with Crippen molar-refractivity contribution in [1.82, 2.24) is 10.3 Å². The van der Waals surface area contributed by atoms with E-state index in [0.29, 0.717) is 29.1 Å². The van der Waals surface area contributed by atoms with E-state index >= 15 is 0 Å². The SMILES string of the molecule is O=C(NCc1ccc(Cl)cc1Cl)C1COc2ncsc21. The molecular weight excluding hydrogens is 319 g/mol. The highest BCUT2D eigenvalue weighted by atomic mass is 35.5. The van der Waals surface area contributed by atoms with Gasteiger partial charge in [0.1, 0.15) is 12.5 Å². The number of thiazole rings is 1. The predicted octanol–water partition coefficient (Wildman–Crippen LogP) is 3.24. The molecule has 1 atom stereocenters. The molecule has 0 fully saturated rings. The molecule has 1 unspecified atom stereocenters. The number of halogens is 2. The lowest BCUT2D eigenvalue weighted by molar-refractivity contribution is -0.122. The van der Waals surface area contributed by atoms with E-state index in [1.807, 2.05) is 0 Å². The third kappa shape index (κ3) is 2.61. The van der Waals surface area contributed by atoms with Crippen molar-refractivity contribution in [3.63, 3.8) is 0 Å². The standard InChI is InChI=1S/C13H10Cl2N2O2S/c14-8-2-1-7(10(15)3-8)4-16-12(18)9-5-19-13-11(9)20-6-17-13/h1-3,6,9H,4-5H2,(H,16,18). The molecule has 20 heavy (non-hydrogen) atoms. The summed E-state index contributed by atoms with van der Waals surface area (Å²) in [5.74, 6) is 0.197. The fraction of sp³-hybridized carbons (Fsp3) is 0.231. The van der Waals surface area contributed by atoms with E-state index in [2.05, 4.69) is 10.3 Å². The quantitative estimate of drug-likeness (QED) is 0.940. The van der Waals surface area contributed by atoms with Crippen LogP contribution in [0.1, 0.15) is 16.4 Å². The number of carbonyl (C=O) groups excluding carboxylic acids is 1. The van der Waals surface area contributed by atoms with Crippen molar-refractivity contribution in [3.8, 4) is 5.88 Å². The van der Waals surface area contributed by atoms with E-state index in [1.165, 1.54) is 11.3 Å². The Bertz CT molecular complexity index is 660. The van der Waals surface area contributed by atoms with Gasteiger partial charge in [-0.1, -0.05) is 29.3 Å². The predicted molar refractivity (Wildman–Crippen MR) is 78.7 cm³/mol. The molecule has 2 aromatic rings. The van der Waals surface area contributed by atoms with Gasteiger partial charge in [0.05, 0.1) is 10.4 Å². The first-order valence-corrected chi connectivity index (χ1v) is 7.56. The fourth-order valence-electron chi connectivity index (χ4n) is 1.99. The van der Waals surface area contributed by atoms with Crippen molar-refractivity contribution in [2.24, 2.45) is 0 Å². The number of ether oxygens (including phenoxy) is 1. The first kappa shape index (κ1) is 13.7. The Labute approximate surface area is 129 Å². The van der Waals surface area contributed by atoms with Gasteiger partial charge in [0.15, 0.2) is 0 Å². The number of benzene rings is 1. The van der Waals surface area contributed by atoms with Crippen LogP contribution in [0.15, 0.2) is 23.7 Å². The van der Waals surface area contributed by atoms with Gasteiger partial charge in [-0.15, -0.1) is 11.3 Å². The molecule has 4 nitrogen and oxygen atoms in total. The van der Waals surface area contributed by atoms with Crippen molar-refractivity contribution >= 4 is 40.4 Å². The Morgan fingerprint density at radius 3 is 3.15 bits per heavy atom. The van der Waals surface area contributed by atoms with E-state index in [1.54, 1.807) is 23.7 Å². The zero-order valence-electron chi connectivity index (χ0n) is 10.2. The molecule has 104 valence electrons. The molecule has 1 aliphatic rings. The molecule has 1 aliphatic heterocycles. The summed E-state index contributed by atoms with van der Waals surface area (Å²) in [6, 6.07) is 5.20. The first-order chi connectivity index (χ1) is 9.65. The number of nitrogens with zero attached hydrogens (tertiary/aromatic N) is 1. The van der Waals surface area contributed by atoms with E-state index in [9.17, 15) is 4.79 Å². The van der Waals surface area contributed by atoms with Crippen LogP contribution in [-0.2, 0) is 11.3 Å². The summed E-state index contributed by atoms with van der Waals surface area (Å²) in [4.78, 5) is 17.1. The summed E-state index contributed by atoms with van der Waals surface area (Å²) in [5, 5.41) is 3.98. The van der Waals surface area contributed by atoms with Gasteiger partial charge in [0, 0.05) is 16.6 Å². The van der Waals surface area contributed by atoms with Crippen molar-refractivity contribution in [2.75, 3.05) is 6.61 Å². The van der Waals surface area contributed by atoms with Crippen molar-refractivity contribution in [2.45, 2.75) is 12.5 Å². The Hall–Kier alpha value is -1.30. The average Bonchev–Trinajstić information content (AvgIpc) is 2.99. The number of hydrogen-bond acceptors (Lipinski definition) is 4. The van der Waals surface area contributed by atoms with Gasteiger partial charge in [-0.2, -0.15) is 0 Å². The Morgan fingerprint density at radius 2 is 2.35 bits per heavy atom. The fourth-order valence-corrected chi connectivity index (χ4v) is 3.28. The normalized spacial score (nSPS) is 16.6. The molecule has 1 aromatic carbocycles. The van der Waals surface area contributed by atoms with Gasteiger partial charge in [0.2, 0.25) is 11.8 Å². The number of carbonyl (C=O) groups is 1. The monoisotopic (exact) mass is 328 g/mol. The van der Waals surface area contributed by atoms with Crippen LogP contribution in [0.3, 0.4) is 0 Å². The van der Waals surface area contributed by atoms with Crippen LogP contribution < -0.4 is 10.1 Å². The maximum atomic E-state index is 12.2. The highest BCUT2D eigenvalue weighted by Gasteiger charge is 2.32. The van der Waals surface area contributed by atoms with E-state index in [4.69, 9.17) is 27.9 Å². The van der Waals surface area contributed by atoms with Crippen LogP contribution in [0.5, 0.6) is 5.88 Å². The molecular formula is C13H10Cl2N2O2S. The van der Waals surface area contributed by atoms with E-state index < -0.39 is 0 Å². The second-order valence-corrected chi connectivity index (χ2v) is 6.07. The largest absolute Gasteiger partial charge is 0.476 e. The minimum absolute atomic E-state index is 0.0842. The smallest absolute Gasteiger partial charge is 0.232 e. The summed E-state index contributed by atoms with van der Waals surface area (Å²) in [6.07, 6.45) is 0. The number of rotatable bonds is 3. The third-order valence-corrected chi connectivity index (χ3v) is 4.56. The van der Waals surface area contributed by atoms with Gasteiger partial charge in [-0.3, -0.25) is 4.79 Å². The van der Waals surface area contributed by atoms with Crippen molar-refractivity contribution in [1.29, 1.82) is 0 Å². The highest BCUT2D eigenvalue weighted by Crippen LogP contribution is 2.36. The first-order valence-electron chi connectivity index (χ1n) is 5.93. The summed E-state index contributed by atoms with van der Waals surface area (Å²) < 4.78 is 5.36. The van der Waals surface area contributed by atoms with Gasteiger partial charge in [-0.25, -0.2) is 4.98 Å². The summed E-state index contributed by atoms with van der Waals surface area (Å²) in [7, 11) is 0. The van der Waals surface area contributed by atoms with Crippen LogP contribution in [0, 0.1) is 0 Å². The zero-order valence-corrected chi connectivity index (χ0v) is 12.6. The Balaban J connectivity index is 1.66. The second-order valence-electron chi connectivity index (χ2n) is 4.34. The Kier molecular flexibility index (Phi) is 3.83. The Morgan fingerprint density at radius 1 is 1.50 bits per heavy atom. The lowest BCUT2D eigenvalue weighted by Gasteiger charge is -2.10. The number of hydrogen-bond donors (Lipinski definition) is 1. The second kappa shape index (κ2) is 5.60. The molecule has 0 radical (unpaired) electrons. The number of amides is 1. The lowest BCUT2D eigenvalue weighted by Crippen LogP contribution is -2.29. The maximum absolute atomic E-state index is 12.2. The summed E-state index contributed by atoms with van der Waals surface area (Å²) in [6.45, 7) is 0.703. The molecule has 0 saturated carbocycles. The van der Waals surface area contributed by atoms with Gasteiger partial charge >= 0.3 is 0 Å². The molecule has 0 bridgehead atoms. The van der Waals surface area contributed by atoms with Gasteiger partial charge in [-0.05, 0) is 17.7 Å². The number of nitrogens with one attached hydrogen (secondary N) is 1. The number of fused-ring (bicyclic) bond motifs is 1. The molecule has 1 N–H and O–H groups in total.